The van der Waals surface area contributed by atoms with Crippen molar-refractivity contribution in [2.75, 3.05) is 5.48 Å². The molecule has 0 saturated heterocycles. The molecule has 0 spiro atoms. The predicted octanol–water partition coefficient (Wildman–Crippen LogP) is -2.27. The molecule has 13 heavy (non-hydrogen) atoms. The molecule has 1 rings (SSSR count). The Morgan fingerprint density at radius 1 is 1.15 bits per heavy atom. The van der Waals surface area contributed by atoms with Crippen molar-refractivity contribution in [3.8, 4) is 0 Å². The molecule has 0 aliphatic heterocycles. The minimum atomic E-state index is -1.35. The molecule has 0 fully saturated rings. The van der Waals surface area contributed by atoms with Gasteiger partial charge in [0.15, 0.2) is 5.36 Å². The van der Waals surface area contributed by atoms with Gasteiger partial charge in [-0.2, -0.15) is 0 Å². The number of nitrogens with one attached hydrogen (secondary N) is 1. The normalized spacial score (nSPS) is 11.6. The summed E-state index contributed by atoms with van der Waals surface area (Å²) in [5.74, 6) is 0. The Balaban J connectivity index is 3.89. The number of benzene rings is 1. The molecule has 0 heterocycles. The van der Waals surface area contributed by atoms with Crippen LogP contribution in [0.25, 0.3) is 0 Å². The molecule has 0 unspecified atom stereocenters. The highest BCUT2D eigenvalue weighted by Crippen LogP contribution is 1.85. The molecule has 0 aliphatic rings. The first-order valence-electron chi connectivity index (χ1n) is 3.09. The van der Waals surface area contributed by atoms with Crippen LogP contribution in [-0.2, 0) is 0 Å². The summed E-state index contributed by atoms with van der Waals surface area (Å²) in [7, 11) is 0. The van der Waals surface area contributed by atoms with E-state index in [0.29, 0.717) is 0 Å². The van der Waals surface area contributed by atoms with Crippen LogP contribution >= 0.6 is 0 Å². The average molecular weight is 184 g/mol. The van der Waals surface area contributed by atoms with Gasteiger partial charge in [0.2, 0.25) is 0 Å². The monoisotopic (exact) mass is 184 g/mol. The van der Waals surface area contributed by atoms with Gasteiger partial charge in [0.05, 0.1) is 0 Å². The third kappa shape index (κ3) is 1.32. The smallest absolute Gasteiger partial charge is 0.277 e. The standard InChI is InChI=1S/C6H4N2O5/c9-4-2(7-12)1-3(8-13)5(10)6(4)11/h1,7,12-13H/b8-3+. The lowest BCUT2D eigenvalue weighted by atomic mass is 10.3. The Kier molecular flexibility index (Phi) is 2.20. The van der Waals surface area contributed by atoms with E-state index in [4.69, 9.17) is 10.4 Å². The molecule has 0 amide bonds. The van der Waals surface area contributed by atoms with Crippen molar-refractivity contribution in [2.24, 2.45) is 5.16 Å². The third-order valence-electron chi connectivity index (χ3n) is 1.40. The van der Waals surface area contributed by atoms with Crippen molar-refractivity contribution in [3.05, 3.63) is 42.1 Å². The second kappa shape index (κ2) is 3.15. The first kappa shape index (κ1) is 9.07. The third-order valence-corrected chi connectivity index (χ3v) is 1.40. The van der Waals surface area contributed by atoms with E-state index >= 15 is 0 Å². The van der Waals surface area contributed by atoms with Crippen LogP contribution in [0.1, 0.15) is 0 Å². The summed E-state index contributed by atoms with van der Waals surface area (Å²) in [6, 6.07) is 0.770. The number of nitrogens with zero attached hydrogens (tertiary/aromatic N) is 1. The van der Waals surface area contributed by atoms with Crippen LogP contribution in [0.3, 0.4) is 0 Å². The Hall–Kier alpha value is -2.02. The van der Waals surface area contributed by atoms with E-state index in [1.54, 1.807) is 0 Å². The lowest BCUT2D eigenvalue weighted by Gasteiger charge is -1.92. The SMILES string of the molecule is O=c1c(NO)c/c(=N\O)c(=O)c1=O. The molecule has 0 atom stereocenters. The van der Waals surface area contributed by atoms with Gasteiger partial charge in [-0.1, -0.05) is 5.16 Å². The fraction of sp³-hybridized carbons (Fsp3) is 0. The first-order valence-corrected chi connectivity index (χ1v) is 3.09. The van der Waals surface area contributed by atoms with E-state index in [9.17, 15) is 14.4 Å². The minimum Gasteiger partial charge on any atom is -0.410 e. The highest BCUT2D eigenvalue weighted by atomic mass is 16.5. The van der Waals surface area contributed by atoms with Crippen molar-refractivity contribution in [3.63, 3.8) is 0 Å². The summed E-state index contributed by atoms with van der Waals surface area (Å²) in [5, 5.41) is 18.4. The molecule has 68 valence electrons. The number of anilines is 1. The quantitative estimate of drug-likeness (QED) is 0.257. The van der Waals surface area contributed by atoms with Crippen molar-refractivity contribution in [2.45, 2.75) is 0 Å². The van der Waals surface area contributed by atoms with Crippen molar-refractivity contribution in [1.82, 2.24) is 0 Å². The lowest BCUT2D eigenvalue weighted by molar-refractivity contribution is 0.301. The number of hydrogen-bond donors (Lipinski definition) is 3. The molecule has 7 heteroatoms. The van der Waals surface area contributed by atoms with Gasteiger partial charge in [0.1, 0.15) is 5.69 Å². The summed E-state index contributed by atoms with van der Waals surface area (Å²) >= 11 is 0. The summed E-state index contributed by atoms with van der Waals surface area (Å²) in [4.78, 5) is 32.4. The van der Waals surface area contributed by atoms with E-state index in [1.165, 1.54) is 5.48 Å². The van der Waals surface area contributed by atoms with Gasteiger partial charge in [0.25, 0.3) is 16.3 Å². The maximum absolute atomic E-state index is 10.8. The number of hydrogen-bond acceptors (Lipinski definition) is 7. The molecule has 7 nitrogen and oxygen atoms in total. The summed E-state index contributed by atoms with van der Waals surface area (Å²) in [5.41, 5.74) is -2.81. The zero-order valence-electron chi connectivity index (χ0n) is 6.14. The zero-order chi connectivity index (χ0) is 10.0. The maximum Gasteiger partial charge on any atom is 0.277 e. The molecule has 0 aliphatic carbocycles. The molecule has 0 saturated carbocycles. The second-order valence-electron chi connectivity index (χ2n) is 2.14. The Bertz CT molecular complexity index is 525. The lowest BCUT2D eigenvalue weighted by Crippen LogP contribution is -2.47. The van der Waals surface area contributed by atoms with Gasteiger partial charge < -0.3 is 5.21 Å². The average Bonchev–Trinajstić information content (AvgIpc) is 2.15. The zero-order valence-corrected chi connectivity index (χ0v) is 6.14. The molecule has 0 bridgehead atoms. The van der Waals surface area contributed by atoms with Gasteiger partial charge >= 0.3 is 0 Å². The van der Waals surface area contributed by atoms with Crippen molar-refractivity contribution >= 4 is 5.69 Å². The van der Waals surface area contributed by atoms with Crippen LogP contribution in [0.5, 0.6) is 0 Å². The van der Waals surface area contributed by atoms with E-state index in [-0.39, 0.29) is 0 Å². The summed E-state index contributed by atoms with van der Waals surface area (Å²) in [6.45, 7) is 0. The highest BCUT2D eigenvalue weighted by molar-refractivity contribution is 5.39. The second-order valence-corrected chi connectivity index (χ2v) is 2.14. The molecule has 0 aromatic heterocycles. The fourth-order valence-corrected chi connectivity index (χ4v) is 0.767. The van der Waals surface area contributed by atoms with Crippen molar-refractivity contribution in [1.29, 1.82) is 0 Å². The maximum atomic E-state index is 10.8. The van der Waals surface area contributed by atoms with Gasteiger partial charge in [0, 0.05) is 6.07 Å². The van der Waals surface area contributed by atoms with Crippen molar-refractivity contribution < 1.29 is 10.4 Å². The molecule has 3 N–H and O–H groups in total. The van der Waals surface area contributed by atoms with Crippen LogP contribution in [0.15, 0.2) is 25.6 Å². The summed E-state index contributed by atoms with van der Waals surface area (Å²) < 4.78 is 0. The van der Waals surface area contributed by atoms with E-state index < -0.39 is 27.3 Å². The molecular formula is C6H4N2O5. The van der Waals surface area contributed by atoms with E-state index in [0.717, 1.165) is 6.07 Å². The Morgan fingerprint density at radius 2 is 1.77 bits per heavy atom. The molecular weight excluding hydrogens is 180 g/mol. The van der Waals surface area contributed by atoms with Crippen LogP contribution in [0, 0.1) is 0 Å². The van der Waals surface area contributed by atoms with Gasteiger partial charge in [-0.05, 0) is 0 Å². The summed E-state index contributed by atoms with van der Waals surface area (Å²) in [6.07, 6.45) is 0. The van der Waals surface area contributed by atoms with Crippen LogP contribution in [-0.4, -0.2) is 10.4 Å². The first-order chi connectivity index (χ1) is 6.11. The predicted molar refractivity (Wildman–Crippen MR) is 40.4 cm³/mol. The van der Waals surface area contributed by atoms with Gasteiger partial charge in [-0.15, -0.1) is 0 Å². The fourth-order valence-electron chi connectivity index (χ4n) is 0.767. The van der Waals surface area contributed by atoms with Gasteiger partial charge in [-0.25, -0.2) is 0 Å². The van der Waals surface area contributed by atoms with Crippen LogP contribution < -0.4 is 27.1 Å². The van der Waals surface area contributed by atoms with E-state index in [2.05, 4.69) is 5.16 Å². The Labute approximate surface area is 69.9 Å². The molecule has 1 aromatic rings. The largest absolute Gasteiger partial charge is 0.410 e. The minimum absolute atomic E-state index is 0.502. The van der Waals surface area contributed by atoms with Crippen LogP contribution in [0.2, 0.25) is 0 Å². The van der Waals surface area contributed by atoms with Crippen LogP contribution in [0.4, 0.5) is 5.69 Å². The molecule has 1 aromatic carbocycles. The number of rotatable bonds is 1. The van der Waals surface area contributed by atoms with Gasteiger partial charge in [-0.3, -0.25) is 25.1 Å². The Morgan fingerprint density at radius 3 is 2.23 bits per heavy atom. The molecule has 0 radical (unpaired) electrons. The highest BCUT2D eigenvalue weighted by Gasteiger charge is 2.08. The topological polar surface area (TPSA) is 116 Å². The van der Waals surface area contributed by atoms with E-state index in [1.807, 2.05) is 0 Å².